The van der Waals surface area contributed by atoms with Crippen LogP contribution in [0.3, 0.4) is 0 Å². The summed E-state index contributed by atoms with van der Waals surface area (Å²) in [5, 5.41) is 23.5. The van der Waals surface area contributed by atoms with Crippen molar-refractivity contribution in [1.29, 1.82) is 0 Å². The van der Waals surface area contributed by atoms with Gasteiger partial charge in [0.15, 0.2) is 5.78 Å². The Balaban J connectivity index is 1.82. The molecular formula is C27H26ClFN2O5. The van der Waals surface area contributed by atoms with Crippen LogP contribution in [-0.4, -0.2) is 41.3 Å². The predicted molar refractivity (Wildman–Crippen MR) is 137 cm³/mol. The topological polar surface area (TPSA) is 104 Å². The second-order valence-corrected chi connectivity index (χ2v) is 8.62. The number of halogens is 2. The summed E-state index contributed by atoms with van der Waals surface area (Å²) in [5.41, 5.74) is 3.16. The van der Waals surface area contributed by atoms with E-state index in [-0.39, 0.29) is 24.6 Å². The highest BCUT2D eigenvalue weighted by molar-refractivity contribution is 6.32. The molecule has 188 valence electrons. The molecule has 0 saturated heterocycles. The van der Waals surface area contributed by atoms with Crippen molar-refractivity contribution in [2.45, 2.75) is 19.6 Å². The number of aromatic nitrogens is 1. The molecule has 1 unspecified atom stereocenters. The maximum absolute atomic E-state index is 14.0. The summed E-state index contributed by atoms with van der Waals surface area (Å²) in [6.45, 7) is 1.32. The number of Topliss-reactive ketones (excluding diaryl/α,β-unsaturated/α-hetero) is 1. The van der Waals surface area contributed by atoms with Crippen LogP contribution >= 0.6 is 11.6 Å². The summed E-state index contributed by atoms with van der Waals surface area (Å²) < 4.78 is 24.9. The first kappa shape index (κ1) is 25.5. The zero-order valence-electron chi connectivity index (χ0n) is 19.8. The van der Waals surface area contributed by atoms with E-state index in [1.807, 2.05) is 6.92 Å². The van der Waals surface area contributed by atoms with Crippen LogP contribution < -0.4 is 14.8 Å². The predicted octanol–water partition coefficient (Wildman–Crippen LogP) is 5.18. The number of nitrogens with one attached hydrogen (secondary N) is 2. The number of aliphatic hydroxyl groups is 2. The molecule has 4 aromatic rings. The largest absolute Gasteiger partial charge is 0.497 e. The third-order valence-electron chi connectivity index (χ3n) is 5.95. The Morgan fingerprint density at radius 1 is 1.14 bits per heavy atom. The lowest BCUT2D eigenvalue weighted by Gasteiger charge is -2.22. The van der Waals surface area contributed by atoms with Gasteiger partial charge in [0.05, 0.1) is 25.8 Å². The zero-order valence-corrected chi connectivity index (χ0v) is 20.5. The van der Waals surface area contributed by atoms with Crippen molar-refractivity contribution in [3.63, 3.8) is 0 Å². The summed E-state index contributed by atoms with van der Waals surface area (Å²) >= 11 is 6.26. The molecule has 0 aliphatic heterocycles. The number of methoxy groups -OCH3 is 1. The first-order valence-electron chi connectivity index (χ1n) is 11.2. The van der Waals surface area contributed by atoms with Gasteiger partial charge in [-0.25, -0.2) is 4.39 Å². The molecule has 0 amide bonds. The number of ether oxygens (including phenoxy) is 2. The first-order chi connectivity index (χ1) is 17.4. The van der Waals surface area contributed by atoms with Gasteiger partial charge in [-0.3, -0.25) is 4.79 Å². The van der Waals surface area contributed by atoms with Crippen molar-refractivity contribution in [2.24, 2.45) is 0 Å². The standard InChI is InChI=1S/C27H26ClFN2O5/c1-15-24(28)6-5-22-23(13-30-25(15)22)27(34)26(21-4-3-17(29)9-16(21)14-33)31-18-10-19(35-2)12-20(11-18)36-8-7-32/h3-6,9-13,26,30-33H,7-8,14H2,1-2H3. The highest BCUT2D eigenvalue weighted by Gasteiger charge is 2.27. The average Bonchev–Trinajstić information content (AvgIpc) is 3.32. The van der Waals surface area contributed by atoms with Gasteiger partial charge in [0, 0.05) is 46.1 Å². The maximum Gasteiger partial charge on any atom is 0.191 e. The molecule has 4 N–H and O–H groups in total. The molecule has 0 aliphatic carbocycles. The Morgan fingerprint density at radius 2 is 1.92 bits per heavy atom. The number of hydrogen-bond acceptors (Lipinski definition) is 6. The molecule has 0 spiro atoms. The molecule has 7 nitrogen and oxygen atoms in total. The van der Waals surface area contributed by atoms with Crippen LogP contribution in [0.25, 0.3) is 10.9 Å². The lowest BCUT2D eigenvalue weighted by atomic mass is 9.93. The molecule has 0 saturated carbocycles. The van der Waals surface area contributed by atoms with Crippen molar-refractivity contribution in [2.75, 3.05) is 25.6 Å². The molecule has 0 radical (unpaired) electrons. The SMILES string of the molecule is COc1cc(NC(C(=O)c2c[nH]c3c(C)c(Cl)ccc23)c2ccc(F)cc2CO)cc(OCCO)c1. The second kappa shape index (κ2) is 11.0. The molecule has 3 aromatic carbocycles. The molecule has 0 bridgehead atoms. The summed E-state index contributed by atoms with van der Waals surface area (Å²) in [5.74, 6) is 0.0753. The van der Waals surface area contributed by atoms with Crippen molar-refractivity contribution < 1.29 is 28.9 Å². The Labute approximate surface area is 212 Å². The number of hydrogen-bond donors (Lipinski definition) is 4. The van der Waals surface area contributed by atoms with E-state index in [0.717, 1.165) is 11.1 Å². The van der Waals surface area contributed by atoms with E-state index in [0.29, 0.717) is 38.7 Å². The minimum Gasteiger partial charge on any atom is -0.497 e. The fourth-order valence-electron chi connectivity index (χ4n) is 4.14. The number of H-pyrrole nitrogens is 1. The number of anilines is 1. The number of rotatable bonds is 10. The van der Waals surface area contributed by atoms with Gasteiger partial charge in [-0.1, -0.05) is 23.7 Å². The minimum absolute atomic E-state index is 0.0822. The molecule has 0 fully saturated rings. The number of aliphatic hydroxyl groups excluding tert-OH is 2. The summed E-state index contributed by atoms with van der Waals surface area (Å²) in [6, 6.07) is 11.5. The normalized spacial score (nSPS) is 11.9. The van der Waals surface area contributed by atoms with E-state index in [1.165, 1.54) is 25.3 Å². The number of ketones is 1. The van der Waals surface area contributed by atoms with Gasteiger partial charge in [-0.05, 0) is 41.8 Å². The average molecular weight is 513 g/mol. The van der Waals surface area contributed by atoms with Crippen molar-refractivity contribution >= 4 is 34.0 Å². The molecule has 1 heterocycles. The molecule has 1 aromatic heterocycles. The lowest BCUT2D eigenvalue weighted by Crippen LogP contribution is -2.23. The number of carbonyl (C=O) groups excluding carboxylic acids is 1. The Hall–Kier alpha value is -3.59. The van der Waals surface area contributed by atoms with E-state index in [1.54, 1.807) is 36.5 Å². The lowest BCUT2D eigenvalue weighted by molar-refractivity contribution is 0.0970. The molecule has 0 aliphatic rings. The van der Waals surface area contributed by atoms with Gasteiger partial charge in [-0.2, -0.15) is 0 Å². The van der Waals surface area contributed by atoms with Gasteiger partial charge in [-0.15, -0.1) is 0 Å². The smallest absolute Gasteiger partial charge is 0.191 e. The Bertz CT molecular complexity index is 1400. The van der Waals surface area contributed by atoms with E-state index < -0.39 is 18.5 Å². The number of benzene rings is 3. The second-order valence-electron chi connectivity index (χ2n) is 8.21. The fraction of sp³-hybridized carbons (Fsp3) is 0.222. The quantitative estimate of drug-likeness (QED) is 0.218. The highest BCUT2D eigenvalue weighted by Crippen LogP contribution is 2.34. The summed E-state index contributed by atoms with van der Waals surface area (Å²) in [7, 11) is 1.50. The number of carbonyl (C=O) groups is 1. The maximum atomic E-state index is 14.0. The first-order valence-corrected chi connectivity index (χ1v) is 11.6. The van der Waals surface area contributed by atoms with E-state index >= 15 is 0 Å². The van der Waals surface area contributed by atoms with E-state index in [2.05, 4.69) is 10.3 Å². The van der Waals surface area contributed by atoms with Gasteiger partial charge < -0.3 is 30.0 Å². The Morgan fingerprint density at radius 3 is 2.64 bits per heavy atom. The third-order valence-corrected chi connectivity index (χ3v) is 6.36. The van der Waals surface area contributed by atoms with Crippen LogP contribution in [0.4, 0.5) is 10.1 Å². The van der Waals surface area contributed by atoms with Crippen LogP contribution in [0.1, 0.15) is 33.1 Å². The molecule has 36 heavy (non-hydrogen) atoms. The summed E-state index contributed by atoms with van der Waals surface area (Å²) in [6.07, 6.45) is 1.62. The van der Waals surface area contributed by atoms with Crippen LogP contribution in [0.5, 0.6) is 11.5 Å². The summed E-state index contributed by atoms with van der Waals surface area (Å²) in [4.78, 5) is 17.1. The van der Waals surface area contributed by atoms with Crippen LogP contribution in [-0.2, 0) is 6.61 Å². The van der Waals surface area contributed by atoms with Crippen molar-refractivity contribution in [3.05, 3.63) is 87.8 Å². The third kappa shape index (κ3) is 5.16. The van der Waals surface area contributed by atoms with Gasteiger partial charge in [0.2, 0.25) is 0 Å². The fourth-order valence-corrected chi connectivity index (χ4v) is 4.30. The molecule has 9 heteroatoms. The minimum atomic E-state index is -0.986. The van der Waals surface area contributed by atoms with Gasteiger partial charge >= 0.3 is 0 Å². The van der Waals surface area contributed by atoms with E-state index in [4.69, 9.17) is 26.2 Å². The van der Waals surface area contributed by atoms with Crippen molar-refractivity contribution in [1.82, 2.24) is 4.98 Å². The zero-order chi connectivity index (χ0) is 25.8. The number of aromatic amines is 1. The van der Waals surface area contributed by atoms with Crippen LogP contribution in [0, 0.1) is 12.7 Å². The monoisotopic (exact) mass is 512 g/mol. The molecular weight excluding hydrogens is 487 g/mol. The van der Waals surface area contributed by atoms with Gasteiger partial charge in [0.1, 0.15) is 30.0 Å². The van der Waals surface area contributed by atoms with Crippen molar-refractivity contribution in [3.8, 4) is 11.5 Å². The highest BCUT2D eigenvalue weighted by atomic mass is 35.5. The van der Waals surface area contributed by atoms with Crippen LogP contribution in [0.15, 0.2) is 54.7 Å². The van der Waals surface area contributed by atoms with E-state index in [9.17, 15) is 14.3 Å². The molecule has 1 atom stereocenters. The number of fused-ring (bicyclic) bond motifs is 1. The molecule has 4 rings (SSSR count). The van der Waals surface area contributed by atoms with Crippen LogP contribution in [0.2, 0.25) is 5.02 Å². The number of aryl methyl sites for hydroxylation is 1. The van der Waals surface area contributed by atoms with Gasteiger partial charge in [0.25, 0.3) is 0 Å². The Kier molecular flexibility index (Phi) is 7.79.